The zero-order valence-corrected chi connectivity index (χ0v) is 8.31. The molecule has 0 saturated heterocycles. The summed E-state index contributed by atoms with van der Waals surface area (Å²) in [6.45, 7) is 1.98. The standard InChI is InChI=1S/C6H6O.C5H10O2/c7-6-4-2-1-3-5-6;1-2-3-4-5(6)7/h1-5,7H;2-4H2,1H3,(H,6,7). The molecule has 1 rings (SSSR count). The quantitative estimate of drug-likeness (QED) is 0.781. The van der Waals surface area contributed by atoms with E-state index < -0.39 is 5.97 Å². The molecule has 0 radical (unpaired) electrons. The lowest BCUT2D eigenvalue weighted by Crippen LogP contribution is -1.91. The van der Waals surface area contributed by atoms with Gasteiger partial charge in [0.15, 0.2) is 0 Å². The number of aromatic hydroxyl groups is 1. The van der Waals surface area contributed by atoms with Gasteiger partial charge in [0.25, 0.3) is 0 Å². The third kappa shape index (κ3) is 8.59. The number of hydrogen-bond acceptors (Lipinski definition) is 2. The number of aliphatic carboxylic acids is 1. The van der Waals surface area contributed by atoms with Crippen LogP contribution in [0.15, 0.2) is 30.3 Å². The van der Waals surface area contributed by atoms with E-state index in [0.29, 0.717) is 12.2 Å². The van der Waals surface area contributed by atoms with Gasteiger partial charge in [-0.2, -0.15) is 0 Å². The number of para-hydroxylation sites is 1. The summed E-state index contributed by atoms with van der Waals surface area (Å²) in [7, 11) is 0. The molecule has 0 aromatic heterocycles. The molecular weight excluding hydrogens is 180 g/mol. The molecule has 0 aliphatic rings. The summed E-state index contributed by atoms with van der Waals surface area (Å²) in [6.07, 6.45) is 2.08. The summed E-state index contributed by atoms with van der Waals surface area (Å²) in [5.74, 6) is -0.371. The van der Waals surface area contributed by atoms with Crippen LogP contribution in [0, 0.1) is 0 Å². The Morgan fingerprint density at radius 2 is 1.86 bits per heavy atom. The van der Waals surface area contributed by atoms with E-state index in [4.69, 9.17) is 10.2 Å². The van der Waals surface area contributed by atoms with Gasteiger partial charge in [-0.15, -0.1) is 0 Å². The minimum Gasteiger partial charge on any atom is -0.508 e. The molecule has 0 aliphatic heterocycles. The van der Waals surface area contributed by atoms with Gasteiger partial charge in [0.2, 0.25) is 0 Å². The van der Waals surface area contributed by atoms with E-state index >= 15 is 0 Å². The van der Waals surface area contributed by atoms with Crippen molar-refractivity contribution in [3.63, 3.8) is 0 Å². The third-order valence-electron chi connectivity index (χ3n) is 1.50. The van der Waals surface area contributed by atoms with E-state index in [1.807, 2.05) is 13.0 Å². The van der Waals surface area contributed by atoms with Gasteiger partial charge < -0.3 is 10.2 Å². The zero-order chi connectivity index (χ0) is 10.8. The van der Waals surface area contributed by atoms with Crippen LogP contribution in [0.25, 0.3) is 0 Å². The highest BCUT2D eigenvalue weighted by Crippen LogP contribution is 2.02. The maximum absolute atomic E-state index is 9.76. The van der Waals surface area contributed by atoms with Crippen LogP contribution in [-0.4, -0.2) is 16.2 Å². The van der Waals surface area contributed by atoms with Gasteiger partial charge in [-0.05, 0) is 18.6 Å². The van der Waals surface area contributed by atoms with Crippen LogP contribution in [0.3, 0.4) is 0 Å². The third-order valence-corrected chi connectivity index (χ3v) is 1.50. The van der Waals surface area contributed by atoms with E-state index in [-0.39, 0.29) is 0 Å². The molecule has 14 heavy (non-hydrogen) atoms. The minimum absolute atomic E-state index is 0.316. The SMILES string of the molecule is CCCCC(=O)O.Oc1ccccc1. The fourth-order valence-electron chi connectivity index (χ4n) is 0.756. The highest BCUT2D eigenvalue weighted by Gasteiger charge is 1.90. The first-order valence-corrected chi connectivity index (χ1v) is 4.62. The molecule has 3 nitrogen and oxygen atoms in total. The molecule has 0 heterocycles. The van der Waals surface area contributed by atoms with Crippen molar-refractivity contribution in [2.75, 3.05) is 0 Å². The Labute approximate surface area is 84.0 Å². The van der Waals surface area contributed by atoms with Crippen molar-refractivity contribution in [3.05, 3.63) is 30.3 Å². The second-order valence-corrected chi connectivity index (χ2v) is 2.83. The minimum atomic E-state index is -0.693. The molecule has 2 N–H and O–H groups in total. The number of unbranched alkanes of at least 4 members (excludes halogenated alkanes) is 1. The van der Waals surface area contributed by atoms with Gasteiger partial charge in [0.05, 0.1) is 0 Å². The van der Waals surface area contributed by atoms with Gasteiger partial charge in [0, 0.05) is 6.42 Å². The molecule has 0 spiro atoms. The average Bonchev–Trinajstić information content (AvgIpc) is 2.17. The number of phenolic OH excluding ortho intramolecular Hbond substituents is 1. The van der Waals surface area contributed by atoms with Gasteiger partial charge in [0.1, 0.15) is 5.75 Å². The van der Waals surface area contributed by atoms with Crippen molar-refractivity contribution in [2.45, 2.75) is 26.2 Å². The molecule has 0 amide bonds. The van der Waals surface area contributed by atoms with Crippen molar-refractivity contribution in [1.82, 2.24) is 0 Å². The van der Waals surface area contributed by atoms with E-state index in [9.17, 15) is 4.79 Å². The molecule has 0 fully saturated rings. The first kappa shape index (κ1) is 12.5. The molecule has 0 saturated carbocycles. The molecule has 0 bridgehead atoms. The van der Waals surface area contributed by atoms with Crippen LogP contribution >= 0.6 is 0 Å². The summed E-state index contributed by atoms with van der Waals surface area (Å²) >= 11 is 0. The smallest absolute Gasteiger partial charge is 0.303 e. The Morgan fingerprint density at radius 3 is 2.07 bits per heavy atom. The Balaban J connectivity index is 0.000000241. The van der Waals surface area contributed by atoms with Crippen LogP contribution in [0.1, 0.15) is 26.2 Å². The number of carboxylic acids is 1. The van der Waals surface area contributed by atoms with E-state index in [1.54, 1.807) is 24.3 Å². The molecule has 0 aliphatic carbocycles. The second-order valence-electron chi connectivity index (χ2n) is 2.83. The van der Waals surface area contributed by atoms with Gasteiger partial charge >= 0.3 is 5.97 Å². The molecule has 1 aromatic carbocycles. The van der Waals surface area contributed by atoms with Crippen LogP contribution in [0.5, 0.6) is 5.75 Å². The maximum Gasteiger partial charge on any atom is 0.303 e. The Kier molecular flexibility index (Phi) is 7.23. The summed E-state index contributed by atoms with van der Waals surface area (Å²) in [5, 5.41) is 16.7. The number of carboxylic acid groups (broad SMARTS) is 1. The van der Waals surface area contributed by atoms with E-state index in [0.717, 1.165) is 12.8 Å². The number of hydrogen-bond donors (Lipinski definition) is 2. The number of rotatable bonds is 3. The monoisotopic (exact) mass is 196 g/mol. The Hall–Kier alpha value is -1.51. The van der Waals surface area contributed by atoms with E-state index in [1.165, 1.54) is 0 Å². The molecule has 1 aromatic rings. The largest absolute Gasteiger partial charge is 0.508 e. The summed E-state index contributed by atoms with van der Waals surface area (Å²) in [4.78, 5) is 9.76. The Bertz CT molecular complexity index is 244. The predicted molar refractivity (Wildman–Crippen MR) is 55.3 cm³/mol. The van der Waals surface area contributed by atoms with Crippen molar-refractivity contribution >= 4 is 5.97 Å². The maximum atomic E-state index is 9.76. The van der Waals surface area contributed by atoms with Crippen LogP contribution in [0.4, 0.5) is 0 Å². The highest BCUT2D eigenvalue weighted by molar-refractivity contribution is 5.66. The van der Waals surface area contributed by atoms with Gasteiger partial charge in [-0.3, -0.25) is 4.79 Å². The fraction of sp³-hybridized carbons (Fsp3) is 0.364. The lowest BCUT2D eigenvalue weighted by Gasteiger charge is -1.85. The van der Waals surface area contributed by atoms with Crippen molar-refractivity contribution < 1.29 is 15.0 Å². The molecular formula is C11H16O3. The normalized spacial score (nSPS) is 8.64. The summed E-state index contributed by atoms with van der Waals surface area (Å²) < 4.78 is 0. The Morgan fingerprint density at radius 1 is 1.29 bits per heavy atom. The first-order chi connectivity index (χ1) is 6.66. The summed E-state index contributed by atoms with van der Waals surface area (Å²) in [6, 6.07) is 8.71. The number of carbonyl (C=O) groups is 1. The van der Waals surface area contributed by atoms with Crippen molar-refractivity contribution in [3.8, 4) is 5.75 Å². The summed E-state index contributed by atoms with van der Waals surface area (Å²) in [5.41, 5.74) is 0. The average molecular weight is 196 g/mol. The molecule has 78 valence electrons. The number of benzene rings is 1. The molecule has 3 heteroatoms. The van der Waals surface area contributed by atoms with Crippen molar-refractivity contribution in [2.24, 2.45) is 0 Å². The topological polar surface area (TPSA) is 57.5 Å². The molecule has 0 atom stereocenters. The lowest BCUT2D eigenvalue weighted by molar-refractivity contribution is -0.137. The second kappa shape index (κ2) is 8.10. The first-order valence-electron chi connectivity index (χ1n) is 4.62. The van der Waals surface area contributed by atoms with Crippen LogP contribution < -0.4 is 0 Å². The predicted octanol–water partition coefficient (Wildman–Crippen LogP) is 2.65. The van der Waals surface area contributed by atoms with E-state index in [2.05, 4.69) is 0 Å². The van der Waals surface area contributed by atoms with Crippen LogP contribution in [-0.2, 0) is 4.79 Å². The molecule has 0 unspecified atom stereocenters. The van der Waals surface area contributed by atoms with Gasteiger partial charge in [-0.1, -0.05) is 31.5 Å². The van der Waals surface area contributed by atoms with Crippen molar-refractivity contribution in [1.29, 1.82) is 0 Å². The number of phenols is 1. The lowest BCUT2D eigenvalue weighted by atomic mass is 10.3. The highest BCUT2D eigenvalue weighted by atomic mass is 16.4. The zero-order valence-electron chi connectivity index (χ0n) is 8.31. The van der Waals surface area contributed by atoms with Crippen LogP contribution in [0.2, 0.25) is 0 Å². The fourth-order valence-corrected chi connectivity index (χ4v) is 0.756. The van der Waals surface area contributed by atoms with Gasteiger partial charge in [-0.25, -0.2) is 0 Å².